The molecule has 0 atom stereocenters. The van der Waals surface area contributed by atoms with Gasteiger partial charge in [-0.3, -0.25) is 4.98 Å². The van der Waals surface area contributed by atoms with Crippen molar-refractivity contribution in [3.8, 4) is 0 Å². The van der Waals surface area contributed by atoms with E-state index in [4.69, 9.17) is 11.6 Å². The predicted octanol–water partition coefficient (Wildman–Crippen LogP) is 2.23. The molecule has 1 rings (SSSR count). The van der Waals surface area contributed by atoms with Gasteiger partial charge in [-0.25, -0.2) is 0 Å². The molecule has 1 radical (unpaired) electrons. The Morgan fingerprint density at radius 3 is 2.78 bits per heavy atom. The number of pyridine rings is 1. The maximum absolute atomic E-state index is 5.75. The number of aryl methyl sites for hydroxylation is 1. The minimum Gasteiger partial charge on any atom is -0.260 e. The van der Waals surface area contributed by atoms with E-state index < -0.39 is 0 Å². The fraction of sp³-hybridized carbons (Fsp3) is 0.143. The van der Waals surface area contributed by atoms with Gasteiger partial charge in [0.25, 0.3) is 0 Å². The van der Waals surface area contributed by atoms with E-state index in [1.165, 1.54) is 0 Å². The van der Waals surface area contributed by atoms with E-state index in [0.29, 0.717) is 5.02 Å². The van der Waals surface area contributed by atoms with Crippen LogP contribution in [-0.4, -0.2) is 4.98 Å². The van der Waals surface area contributed by atoms with Crippen molar-refractivity contribution in [2.45, 2.75) is 6.92 Å². The lowest BCUT2D eigenvalue weighted by atomic mass is 10.2. The highest BCUT2D eigenvalue weighted by atomic mass is 35.5. The minimum atomic E-state index is 0.664. The van der Waals surface area contributed by atoms with Gasteiger partial charge in [0, 0.05) is 6.20 Å². The van der Waals surface area contributed by atoms with Crippen LogP contribution < -0.4 is 0 Å². The molecule has 0 aliphatic heterocycles. The molecule has 0 fully saturated rings. The maximum atomic E-state index is 5.75. The second-order valence-corrected chi connectivity index (χ2v) is 2.25. The molecule has 0 N–H and O–H groups in total. The second-order valence-electron chi connectivity index (χ2n) is 1.87. The summed E-state index contributed by atoms with van der Waals surface area (Å²) in [5.74, 6) is 0. The molecule has 0 aromatic carbocycles. The number of hydrogen-bond acceptors (Lipinski definition) is 1. The number of hydrogen-bond donors (Lipinski definition) is 0. The largest absolute Gasteiger partial charge is 0.260 e. The Balaban J connectivity index is 3.25. The van der Waals surface area contributed by atoms with Crippen LogP contribution in [0.15, 0.2) is 12.3 Å². The van der Waals surface area contributed by atoms with Gasteiger partial charge < -0.3 is 0 Å². The van der Waals surface area contributed by atoms with E-state index >= 15 is 0 Å². The van der Waals surface area contributed by atoms with E-state index in [0.717, 1.165) is 11.3 Å². The number of aromatic nitrogens is 1. The van der Waals surface area contributed by atoms with Gasteiger partial charge in [-0.15, -0.1) is 0 Å². The van der Waals surface area contributed by atoms with Crippen LogP contribution in [0.2, 0.25) is 5.02 Å². The molecule has 9 heavy (non-hydrogen) atoms. The van der Waals surface area contributed by atoms with Gasteiger partial charge in [0.2, 0.25) is 0 Å². The van der Waals surface area contributed by atoms with Gasteiger partial charge in [-0.05, 0) is 25.5 Å². The highest BCUT2D eigenvalue weighted by Crippen LogP contribution is 2.15. The number of rotatable bonds is 0. The summed E-state index contributed by atoms with van der Waals surface area (Å²) in [5.41, 5.74) is 1.67. The lowest BCUT2D eigenvalue weighted by Crippen LogP contribution is -1.83. The van der Waals surface area contributed by atoms with Crippen molar-refractivity contribution in [3.63, 3.8) is 0 Å². The summed E-state index contributed by atoms with van der Waals surface area (Å²) in [6, 6.07) is 1.79. The zero-order valence-corrected chi connectivity index (χ0v) is 5.94. The van der Waals surface area contributed by atoms with E-state index in [9.17, 15) is 0 Å². The summed E-state index contributed by atoms with van der Waals surface area (Å²) in [7, 11) is 0. The number of halogens is 1. The van der Waals surface area contributed by atoms with Crippen LogP contribution in [0.5, 0.6) is 0 Å². The SMILES string of the molecule is [CH2]c1ccnc(C)c1Cl. The molecule has 1 aromatic rings. The highest BCUT2D eigenvalue weighted by molar-refractivity contribution is 6.32. The molecule has 0 saturated heterocycles. The average molecular weight is 141 g/mol. The summed E-state index contributed by atoms with van der Waals surface area (Å²) in [6.45, 7) is 5.57. The van der Waals surface area contributed by atoms with Gasteiger partial charge in [0.05, 0.1) is 10.7 Å². The van der Waals surface area contributed by atoms with Gasteiger partial charge in [0.15, 0.2) is 0 Å². The molecule has 0 spiro atoms. The summed E-state index contributed by atoms with van der Waals surface area (Å²) in [6.07, 6.45) is 1.70. The average Bonchev–Trinajstić information content (AvgIpc) is 1.83. The maximum Gasteiger partial charge on any atom is 0.0650 e. The summed E-state index contributed by atoms with van der Waals surface area (Å²) in [4.78, 5) is 3.97. The molecule has 1 nitrogen and oxygen atoms in total. The molecule has 0 amide bonds. The molecule has 0 saturated carbocycles. The van der Waals surface area contributed by atoms with Gasteiger partial charge >= 0.3 is 0 Å². The first-order valence-corrected chi connectivity index (χ1v) is 3.02. The van der Waals surface area contributed by atoms with Crippen molar-refractivity contribution in [2.24, 2.45) is 0 Å². The number of nitrogens with zero attached hydrogens (tertiary/aromatic N) is 1. The Morgan fingerprint density at radius 1 is 1.67 bits per heavy atom. The van der Waals surface area contributed by atoms with Gasteiger partial charge in [-0.1, -0.05) is 11.6 Å². The lowest BCUT2D eigenvalue weighted by Gasteiger charge is -1.97. The standard InChI is InChI=1S/C7H7ClN/c1-5-3-4-9-6(2)7(5)8/h3-4H,1H2,2H3. The first-order valence-electron chi connectivity index (χ1n) is 2.65. The van der Waals surface area contributed by atoms with Crippen LogP contribution >= 0.6 is 11.6 Å². The molecular formula is C7H7ClN. The van der Waals surface area contributed by atoms with E-state index in [-0.39, 0.29) is 0 Å². The third-order valence-corrected chi connectivity index (χ3v) is 1.66. The zero-order valence-electron chi connectivity index (χ0n) is 5.19. The lowest BCUT2D eigenvalue weighted by molar-refractivity contribution is 1.19. The van der Waals surface area contributed by atoms with Crippen LogP contribution in [0.4, 0.5) is 0 Å². The summed E-state index contributed by atoms with van der Waals surface area (Å²) in [5, 5.41) is 0.664. The van der Waals surface area contributed by atoms with Crippen molar-refractivity contribution in [1.82, 2.24) is 4.98 Å². The molecule has 47 valence electrons. The predicted molar refractivity (Wildman–Crippen MR) is 38.4 cm³/mol. The summed E-state index contributed by atoms with van der Waals surface area (Å²) < 4.78 is 0. The Hall–Kier alpha value is -0.560. The normalized spacial score (nSPS) is 9.67. The molecule has 2 heteroatoms. The third kappa shape index (κ3) is 1.22. The Morgan fingerprint density at radius 2 is 2.33 bits per heavy atom. The van der Waals surface area contributed by atoms with Crippen molar-refractivity contribution in [1.29, 1.82) is 0 Å². The molecule has 0 aliphatic rings. The zero-order chi connectivity index (χ0) is 6.85. The van der Waals surface area contributed by atoms with Crippen molar-refractivity contribution >= 4 is 11.6 Å². The van der Waals surface area contributed by atoms with E-state index in [1.807, 2.05) is 6.92 Å². The Bertz CT molecular complexity index is 200. The van der Waals surface area contributed by atoms with Crippen LogP contribution in [0.3, 0.4) is 0 Å². The van der Waals surface area contributed by atoms with Crippen LogP contribution in [0.1, 0.15) is 11.3 Å². The van der Waals surface area contributed by atoms with E-state index in [1.54, 1.807) is 12.3 Å². The fourth-order valence-electron chi connectivity index (χ4n) is 0.601. The first kappa shape index (κ1) is 6.56. The van der Waals surface area contributed by atoms with Crippen molar-refractivity contribution < 1.29 is 0 Å². The van der Waals surface area contributed by atoms with Crippen LogP contribution in [-0.2, 0) is 0 Å². The quantitative estimate of drug-likeness (QED) is 0.539. The molecular weight excluding hydrogens is 134 g/mol. The van der Waals surface area contributed by atoms with Gasteiger partial charge in [-0.2, -0.15) is 0 Å². The minimum absolute atomic E-state index is 0.664. The monoisotopic (exact) mass is 140 g/mol. The molecule has 1 aromatic heterocycles. The highest BCUT2D eigenvalue weighted by Gasteiger charge is 1.96. The molecule has 0 bridgehead atoms. The third-order valence-electron chi connectivity index (χ3n) is 1.14. The topological polar surface area (TPSA) is 12.9 Å². The van der Waals surface area contributed by atoms with Crippen LogP contribution in [0.25, 0.3) is 0 Å². The molecule has 0 aliphatic carbocycles. The smallest absolute Gasteiger partial charge is 0.0650 e. The molecule has 1 heterocycles. The first-order chi connectivity index (χ1) is 4.22. The summed E-state index contributed by atoms with van der Waals surface area (Å²) >= 11 is 5.75. The second kappa shape index (κ2) is 2.36. The molecule has 0 unspecified atom stereocenters. The Kier molecular flexibility index (Phi) is 1.72. The van der Waals surface area contributed by atoms with Gasteiger partial charge in [0.1, 0.15) is 0 Å². The van der Waals surface area contributed by atoms with Crippen molar-refractivity contribution in [3.05, 3.63) is 35.5 Å². The fourth-order valence-corrected chi connectivity index (χ4v) is 0.713. The van der Waals surface area contributed by atoms with Crippen LogP contribution in [0, 0.1) is 13.8 Å². The van der Waals surface area contributed by atoms with Crippen molar-refractivity contribution in [2.75, 3.05) is 0 Å². The van der Waals surface area contributed by atoms with E-state index in [2.05, 4.69) is 11.9 Å². The Labute approximate surface area is 59.7 Å².